The van der Waals surface area contributed by atoms with Gasteiger partial charge in [0.25, 0.3) is 0 Å². The first-order valence-corrected chi connectivity index (χ1v) is 17.7. The number of cyclic esters (lactones) is 1. The first-order chi connectivity index (χ1) is 16.6. The second kappa shape index (κ2) is 13.4. The van der Waals surface area contributed by atoms with E-state index in [0.29, 0.717) is 6.42 Å². The van der Waals surface area contributed by atoms with Gasteiger partial charge in [0.15, 0.2) is 8.32 Å². The molecule has 3 saturated heterocycles. The fraction of sp³-hybridized carbons (Fsp3) is 0.966. The summed E-state index contributed by atoms with van der Waals surface area (Å²) in [5.74, 6) is -0.0780. The Balaban J connectivity index is 1.49. The molecule has 0 aromatic heterocycles. The standard InChI is InChI=1S/C29H54O5Si/c1-7-8-9-10-11-12-13-14-15-27(34-35(5,6)29(2,3)4)26-19-18-23(32-26)22-16-17-24(31-22)25-20-21-28(30)33-25/h22-27H,7-21H2,1-6H3/t22-,23-,24-,25+,26-,27-/m0/s1. The van der Waals surface area contributed by atoms with Crippen molar-refractivity contribution in [1.82, 2.24) is 0 Å². The molecule has 3 heterocycles. The van der Waals surface area contributed by atoms with Gasteiger partial charge < -0.3 is 18.6 Å². The molecule has 0 aromatic carbocycles. The molecule has 204 valence electrons. The van der Waals surface area contributed by atoms with Crippen molar-refractivity contribution in [2.75, 3.05) is 0 Å². The fourth-order valence-electron chi connectivity index (χ4n) is 5.64. The Morgan fingerprint density at radius 3 is 2.00 bits per heavy atom. The lowest BCUT2D eigenvalue weighted by Crippen LogP contribution is -2.47. The van der Waals surface area contributed by atoms with Crippen LogP contribution in [0.25, 0.3) is 0 Å². The van der Waals surface area contributed by atoms with E-state index in [-0.39, 0.29) is 47.6 Å². The minimum absolute atomic E-state index is 0.0469. The summed E-state index contributed by atoms with van der Waals surface area (Å²) in [4.78, 5) is 11.5. The third-order valence-corrected chi connectivity index (χ3v) is 13.4. The van der Waals surface area contributed by atoms with Crippen LogP contribution in [0.15, 0.2) is 0 Å². The first-order valence-electron chi connectivity index (χ1n) is 14.8. The van der Waals surface area contributed by atoms with Gasteiger partial charge in [0.1, 0.15) is 6.10 Å². The summed E-state index contributed by atoms with van der Waals surface area (Å²) in [6.45, 7) is 14.0. The van der Waals surface area contributed by atoms with E-state index in [4.69, 9.17) is 18.6 Å². The number of hydrogen-bond donors (Lipinski definition) is 0. The normalized spacial score (nSPS) is 30.7. The fourth-order valence-corrected chi connectivity index (χ4v) is 7.02. The highest BCUT2D eigenvalue weighted by molar-refractivity contribution is 6.74. The monoisotopic (exact) mass is 510 g/mol. The lowest BCUT2D eigenvalue weighted by atomic mass is 10.0. The molecule has 35 heavy (non-hydrogen) atoms. The van der Waals surface area contributed by atoms with E-state index in [9.17, 15) is 4.79 Å². The number of hydrogen-bond acceptors (Lipinski definition) is 5. The summed E-state index contributed by atoms with van der Waals surface area (Å²) in [7, 11) is -1.87. The number of unbranched alkanes of at least 4 members (excludes halogenated alkanes) is 7. The van der Waals surface area contributed by atoms with Crippen molar-refractivity contribution in [2.45, 2.75) is 179 Å². The minimum atomic E-state index is -1.87. The summed E-state index contributed by atoms with van der Waals surface area (Å²) in [6, 6.07) is 0. The van der Waals surface area contributed by atoms with Crippen LogP contribution in [0.1, 0.15) is 124 Å². The predicted octanol–water partition coefficient (Wildman–Crippen LogP) is 7.71. The molecule has 3 rings (SSSR count). The molecule has 6 atom stereocenters. The zero-order chi connectivity index (χ0) is 25.5. The summed E-state index contributed by atoms with van der Waals surface area (Å²) >= 11 is 0. The molecular formula is C29H54O5Si. The summed E-state index contributed by atoms with van der Waals surface area (Å²) in [5.41, 5.74) is 0. The second-order valence-electron chi connectivity index (χ2n) is 12.8. The zero-order valence-electron chi connectivity index (χ0n) is 23.6. The van der Waals surface area contributed by atoms with E-state index >= 15 is 0 Å². The van der Waals surface area contributed by atoms with Crippen LogP contribution in [-0.2, 0) is 23.4 Å². The van der Waals surface area contributed by atoms with Crippen molar-refractivity contribution in [3.63, 3.8) is 0 Å². The van der Waals surface area contributed by atoms with Gasteiger partial charge in [-0.25, -0.2) is 0 Å². The zero-order valence-corrected chi connectivity index (χ0v) is 24.6. The van der Waals surface area contributed by atoms with Crippen LogP contribution in [0.3, 0.4) is 0 Å². The Morgan fingerprint density at radius 2 is 1.40 bits per heavy atom. The molecule has 3 aliphatic heterocycles. The van der Waals surface area contributed by atoms with E-state index in [0.717, 1.165) is 38.5 Å². The number of ether oxygens (including phenoxy) is 3. The van der Waals surface area contributed by atoms with Crippen LogP contribution < -0.4 is 0 Å². The summed E-state index contributed by atoms with van der Waals surface area (Å²) < 4.78 is 25.5. The maximum absolute atomic E-state index is 11.5. The van der Waals surface area contributed by atoms with E-state index in [1.54, 1.807) is 0 Å². The number of esters is 1. The van der Waals surface area contributed by atoms with Crippen molar-refractivity contribution in [2.24, 2.45) is 0 Å². The summed E-state index contributed by atoms with van der Waals surface area (Å²) in [5, 5.41) is 0.197. The second-order valence-corrected chi connectivity index (χ2v) is 17.6. The van der Waals surface area contributed by atoms with Gasteiger partial charge in [-0.05, 0) is 56.7 Å². The van der Waals surface area contributed by atoms with E-state index < -0.39 is 8.32 Å². The van der Waals surface area contributed by atoms with Gasteiger partial charge in [0.05, 0.1) is 30.5 Å². The average molecular weight is 511 g/mol. The molecule has 0 unspecified atom stereocenters. The third-order valence-electron chi connectivity index (χ3n) is 8.92. The van der Waals surface area contributed by atoms with Gasteiger partial charge in [-0.1, -0.05) is 79.1 Å². The van der Waals surface area contributed by atoms with E-state index in [2.05, 4.69) is 40.8 Å². The van der Waals surface area contributed by atoms with Crippen LogP contribution in [0.2, 0.25) is 18.1 Å². The molecular weight excluding hydrogens is 456 g/mol. The van der Waals surface area contributed by atoms with Crippen LogP contribution >= 0.6 is 0 Å². The third kappa shape index (κ3) is 8.54. The molecule has 0 aromatic rings. The Labute approximate surface area is 216 Å². The number of rotatable bonds is 14. The summed E-state index contributed by atoms with van der Waals surface area (Å²) in [6.07, 6.45) is 17.8. The lowest BCUT2D eigenvalue weighted by molar-refractivity contribution is -0.149. The average Bonchev–Trinajstić information content (AvgIpc) is 3.54. The SMILES string of the molecule is CCCCCCCCCC[C@H](O[Si](C)(C)C(C)(C)C)[C@@H]1CC[C@@H]([C@@H]2CC[C@@H]([C@H]3CCC(=O)O3)O2)O1. The van der Waals surface area contributed by atoms with Gasteiger partial charge in [0, 0.05) is 6.42 Å². The van der Waals surface area contributed by atoms with Crippen molar-refractivity contribution < 1.29 is 23.4 Å². The van der Waals surface area contributed by atoms with Gasteiger partial charge in [-0.2, -0.15) is 0 Å². The maximum atomic E-state index is 11.5. The number of carbonyl (C=O) groups excluding carboxylic acids is 1. The molecule has 5 nitrogen and oxygen atoms in total. The lowest BCUT2D eigenvalue weighted by Gasteiger charge is -2.41. The highest BCUT2D eigenvalue weighted by Gasteiger charge is 2.46. The van der Waals surface area contributed by atoms with Gasteiger partial charge in [-0.3, -0.25) is 4.79 Å². The smallest absolute Gasteiger partial charge is 0.306 e. The minimum Gasteiger partial charge on any atom is -0.460 e. The Kier molecular flexibility index (Phi) is 11.1. The van der Waals surface area contributed by atoms with E-state index in [1.807, 2.05) is 0 Å². The highest BCUT2D eigenvalue weighted by atomic mass is 28.4. The van der Waals surface area contributed by atoms with Gasteiger partial charge >= 0.3 is 5.97 Å². The van der Waals surface area contributed by atoms with Crippen LogP contribution in [0.5, 0.6) is 0 Å². The quantitative estimate of drug-likeness (QED) is 0.136. The highest BCUT2D eigenvalue weighted by Crippen LogP contribution is 2.41. The Hall–Kier alpha value is -0.433. The molecule has 3 fully saturated rings. The number of carbonyl (C=O) groups is 1. The maximum Gasteiger partial charge on any atom is 0.306 e. The Bertz CT molecular complexity index is 645. The molecule has 0 aliphatic carbocycles. The topological polar surface area (TPSA) is 54.0 Å². The van der Waals surface area contributed by atoms with Crippen molar-refractivity contribution in [1.29, 1.82) is 0 Å². The van der Waals surface area contributed by atoms with Gasteiger partial charge in [-0.15, -0.1) is 0 Å². The van der Waals surface area contributed by atoms with Gasteiger partial charge in [0.2, 0.25) is 0 Å². The largest absolute Gasteiger partial charge is 0.460 e. The molecule has 0 bridgehead atoms. The Morgan fingerprint density at radius 1 is 0.829 bits per heavy atom. The molecule has 3 aliphatic rings. The van der Waals surface area contributed by atoms with Crippen LogP contribution in [-0.4, -0.2) is 50.9 Å². The van der Waals surface area contributed by atoms with Crippen molar-refractivity contribution >= 4 is 14.3 Å². The molecule has 0 N–H and O–H groups in total. The van der Waals surface area contributed by atoms with E-state index in [1.165, 1.54) is 51.4 Å². The molecule has 0 spiro atoms. The van der Waals surface area contributed by atoms with Crippen LogP contribution in [0.4, 0.5) is 0 Å². The molecule has 0 saturated carbocycles. The molecule has 0 amide bonds. The molecule has 6 heteroatoms. The predicted molar refractivity (Wildman–Crippen MR) is 144 cm³/mol. The van der Waals surface area contributed by atoms with Crippen molar-refractivity contribution in [3.05, 3.63) is 0 Å². The molecule has 0 radical (unpaired) electrons. The first kappa shape index (κ1) is 29.1. The van der Waals surface area contributed by atoms with Crippen LogP contribution in [0, 0.1) is 0 Å². The van der Waals surface area contributed by atoms with Crippen molar-refractivity contribution in [3.8, 4) is 0 Å².